The van der Waals surface area contributed by atoms with Crippen LogP contribution in [0.3, 0.4) is 0 Å². The van der Waals surface area contributed by atoms with Gasteiger partial charge in [-0.05, 0) is 29.7 Å². The summed E-state index contributed by atoms with van der Waals surface area (Å²) in [6.07, 6.45) is 1.33. The third-order valence-electron chi connectivity index (χ3n) is 4.92. The molecule has 0 saturated carbocycles. The van der Waals surface area contributed by atoms with Gasteiger partial charge in [-0.1, -0.05) is 30.3 Å². The number of aromatic nitrogens is 1. The molecule has 29 heavy (non-hydrogen) atoms. The van der Waals surface area contributed by atoms with Crippen molar-refractivity contribution in [1.82, 2.24) is 4.98 Å². The van der Waals surface area contributed by atoms with Crippen molar-refractivity contribution in [3.05, 3.63) is 94.2 Å². The van der Waals surface area contributed by atoms with E-state index in [0.29, 0.717) is 16.3 Å². The number of carbonyl (C=O) groups excluding carboxylic acids is 1. The molecule has 5 rings (SSSR count). The van der Waals surface area contributed by atoms with Gasteiger partial charge in [-0.3, -0.25) is 9.78 Å². The van der Waals surface area contributed by atoms with Gasteiger partial charge in [-0.2, -0.15) is 0 Å². The Labute approximate surface area is 162 Å². The highest BCUT2D eigenvalue weighted by molar-refractivity contribution is 6.15. The summed E-state index contributed by atoms with van der Waals surface area (Å²) >= 11 is 0. The smallest absolute Gasteiger partial charge is 0.345 e. The Balaban J connectivity index is 1.69. The van der Waals surface area contributed by atoms with Crippen LogP contribution >= 0.6 is 0 Å². The molecule has 5 aromatic rings. The molecule has 0 aliphatic carbocycles. The quantitative estimate of drug-likeness (QED) is 0.274. The molecule has 0 amide bonds. The Morgan fingerprint density at radius 1 is 0.966 bits per heavy atom. The number of benzene rings is 3. The van der Waals surface area contributed by atoms with E-state index in [1.807, 2.05) is 12.1 Å². The van der Waals surface area contributed by atoms with E-state index < -0.39 is 17.2 Å². The Kier molecular flexibility index (Phi) is 3.67. The summed E-state index contributed by atoms with van der Waals surface area (Å²) in [5.41, 5.74) is -0.0753. The Hall–Kier alpha value is -4.06. The van der Waals surface area contributed by atoms with E-state index in [0.717, 1.165) is 11.5 Å². The Morgan fingerprint density at radius 2 is 1.79 bits per heavy atom. The summed E-state index contributed by atoms with van der Waals surface area (Å²) in [6.45, 7) is 0. The number of aromatic hydroxyl groups is 1. The highest BCUT2D eigenvalue weighted by atomic mass is 19.1. The first-order valence-corrected chi connectivity index (χ1v) is 8.80. The van der Waals surface area contributed by atoms with Crippen molar-refractivity contribution < 1.29 is 18.7 Å². The Morgan fingerprint density at radius 3 is 2.66 bits per heavy atom. The SMILES string of the molecule is O=C(c1cnc2c(c1)c(=O)oc1cc(F)ccc12)c1ccc2ccccc2c1O. The van der Waals surface area contributed by atoms with E-state index >= 15 is 0 Å². The number of phenolic OH excluding ortho intramolecular Hbond substituents is 1. The minimum Gasteiger partial charge on any atom is -0.507 e. The first-order chi connectivity index (χ1) is 14.0. The van der Waals surface area contributed by atoms with Gasteiger partial charge in [0.15, 0.2) is 5.78 Å². The van der Waals surface area contributed by atoms with Crippen molar-refractivity contribution in [2.45, 2.75) is 0 Å². The molecular formula is C23H12FNO4. The zero-order valence-corrected chi connectivity index (χ0v) is 14.8. The first kappa shape index (κ1) is 17.1. The molecule has 0 atom stereocenters. The number of pyridine rings is 1. The van der Waals surface area contributed by atoms with Gasteiger partial charge < -0.3 is 9.52 Å². The summed E-state index contributed by atoms with van der Waals surface area (Å²) in [4.78, 5) is 29.6. The van der Waals surface area contributed by atoms with Crippen LogP contribution in [-0.2, 0) is 0 Å². The zero-order valence-electron chi connectivity index (χ0n) is 14.8. The van der Waals surface area contributed by atoms with Crippen molar-refractivity contribution >= 4 is 38.4 Å². The molecule has 0 fully saturated rings. The topological polar surface area (TPSA) is 80.4 Å². The van der Waals surface area contributed by atoms with Gasteiger partial charge in [-0.15, -0.1) is 0 Å². The minimum atomic E-state index is -0.719. The van der Waals surface area contributed by atoms with E-state index in [1.54, 1.807) is 18.2 Å². The van der Waals surface area contributed by atoms with Crippen LogP contribution in [-0.4, -0.2) is 15.9 Å². The lowest BCUT2D eigenvalue weighted by atomic mass is 9.98. The molecule has 6 heteroatoms. The number of phenols is 1. The maximum atomic E-state index is 13.4. The van der Waals surface area contributed by atoms with Crippen LogP contribution in [0.5, 0.6) is 5.75 Å². The lowest BCUT2D eigenvalue weighted by Gasteiger charge is -2.08. The van der Waals surface area contributed by atoms with Gasteiger partial charge >= 0.3 is 5.63 Å². The number of rotatable bonds is 2. The molecule has 0 radical (unpaired) electrons. The van der Waals surface area contributed by atoms with E-state index in [4.69, 9.17) is 4.42 Å². The summed E-state index contributed by atoms with van der Waals surface area (Å²) in [5.74, 6) is -1.13. The fourth-order valence-corrected chi connectivity index (χ4v) is 3.48. The second kappa shape index (κ2) is 6.24. The molecule has 140 valence electrons. The fraction of sp³-hybridized carbons (Fsp3) is 0. The molecule has 0 aliphatic rings. The third kappa shape index (κ3) is 2.65. The highest BCUT2D eigenvalue weighted by Gasteiger charge is 2.18. The van der Waals surface area contributed by atoms with Gasteiger partial charge in [0, 0.05) is 28.6 Å². The minimum absolute atomic E-state index is 0.0845. The second-order valence-electron chi connectivity index (χ2n) is 6.66. The van der Waals surface area contributed by atoms with Crippen LogP contribution in [0.25, 0.3) is 32.6 Å². The number of halogens is 1. The average molecular weight is 385 g/mol. The van der Waals surface area contributed by atoms with Gasteiger partial charge in [0.1, 0.15) is 17.1 Å². The summed E-state index contributed by atoms with van der Waals surface area (Å²) in [5, 5.41) is 12.5. The first-order valence-electron chi connectivity index (χ1n) is 8.80. The largest absolute Gasteiger partial charge is 0.507 e. The molecule has 3 aromatic carbocycles. The molecule has 2 aromatic heterocycles. The number of nitrogens with zero attached hydrogens (tertiary/aromatic N) is 1. The van der Waals surface area contributed by atoms with Crippen LogP contribution in [0.2, 0.25) is 0 Å². The molecule has 0 spiro atoms. The molecule has 0 aliphatic heterocycles. The monoisotopic (exact) mass is 385 g/mol. The van der Waals surface area contributed by atoms with Crippen LogP contribution in [0.4, 0.5) is 4.39 Å². The Bertz CT molecular complexity index is 1520. The van der Waals surface area contributed by atoms with E-state index in [9.17, 15) is 19.1 Å². The number of hydrogen-bond acceptors (Lipinski definition) is 5. The highest BCUT2D eigenvalue weighted by Crippen LogP contribution is 2.31. The van der Waals surface area contributed by atoms with Gasteiger partial charge in [0.05, 0.1) is 16.5 Å². The van der Waals surface area contributed by atoms with Crippen molar-refractivity contribution in [3.63, 3.8) is 0 Å². The molecule has 0 bridgehead atoms. The standard InChI is InChI=1S/C23H12FNO4/c24-14-6-8-16-19(10-14)29-23(28)18-9-13(11-25-20(16)18)21(26)17-7-5-12-3-1-2-4-15(12)22(17)27/h1-11,27H. The maximum Gasteiger partial charge on any atom is 0.345 e. The van der Waals surface area contributed by atoms with Gasteiger partial charge in [0.25, 0.3) is 0 Å². The average Bonchev–Trinajstić information content (AvgIpc) is 2.73. The van der Waals surface area contributed by atoms with E-state index in [1.165, 1.54) is 30.5 Å². The van der Waals surface area contributed by atoms with Crippen LogP contribution in [0, 0.1) is 5.82 Å². The predicted molar refractivity (Wildman–Crippen MR) is 107 cm³/mol. The number of carbonyl (C=O) groups is 1. The van der Waals surface area contributed by atoms with Gasteiger partial charge in [0.2, 0.25) is 0 Å². The predicted octanol–water partition coefficient (Wildman–Crippen LogP) is 4.57. The summed E-state index contributed by atoms with van der Waals surface area (Å²) in [7, 11) is 0. The molecule has 5 nitrogen and oxygen atoms in total. The van der Waals surface area contributed by atoms with Crippen molar-refractivity contribution in [2.75, 3.05) is 0 Å². The van der Waals surface area contributed by atoms with Crippen molar-refractivity contribution in [2.24, 2.45) is 0 Å². The zero-order chi connectivity index (χ0) is 20.1. The molecular weight excluding hydrogens is 373 g/mol. The third-order valence-corrected chi connectivity index (χ3v) is 4.92. The number of fused-ring (bicyclic) bond motifs is 4. The van der Waals surface area contributed by atoms with Crippen LogP contribution in [0.15, 0.2) is 76.1 Å². The fourth-order valence-electron chi connectivity index (χ4n) is 3.48. The molecule has 1 N–H and O–H groups in total. The summed E-state index contributed by atoms with van der Waals surface area (Å²) in [6, 6.07) is 15.7. The van der Waals surface area contributed by atoms with Crippen molar-refractivity contribution in [3.8, 4) is 5.75 Å². The van der Waals surface area contributed by atoms with Gasteiger partial charge in [-0.25, -0.2) is 9.18 Å². The maximum absolute atomic E-state index is 13.4. The molecule has 0 unspecified atom stereocenters. The summed E-state index contributed by atoms with van der Waals surface area (Å²) < 4.78 is 18.6. The lowest BCUT2D eigenvalue weighted by Crippen LogP contribution is -2.07. The van der Waals surface area contributed by atoms with Crippen molar-refractivity contribution in [1.29, 1.82) is 0 Å². The van der Waals surface area contributed by atoms with E-state index in [2.05, 4.69) is 4.98 Å². The normalized spacial score (nSPS) is 11.3. The number of hydrogen-bond donors (Lipinski definition) is 1. The molecule has 0 saturated heterocycles. The van der Waals surface area contributed by atoms with E-state index in [-0.39, 0.29) is 27.8 Å². The molecule has 2 heterocycles. The second-order valence-corrected chi connectivity index (χ2v) is 6.66. The lowest BCUT2D eigenvalue weighted by molar-refractivity contribution is 0.103. The van der Waals surface area contributed by atoms with Crippen LogP contribution < -0.4 is 5.63 Å². The van der Waals surface area contributed by atoms with Crippen LogP contribution in [0.1, 0.15) is 15.9 Å². The number of ketones is 1.